The molecule has 0 spiro atoms. The van der Waals surface area contributed by atoms with Gasteiger partial charge in [0.15, 0.2) is 0 Å². The molecule has 0 aliphatic carbocycles. The quantitative estimate of drug-likeness (QED) is 0.713. The van der Waals surface area contributed by atoms with Crippen LogP contribution in [0.15, 0.2) is 24.3 Å². The number of hydrogen-bond donors (Lipinski definition) is 3. The van der Waals surface area contributed by atoms with Crippen LogP contribution in [0.5, 0.6) is 5.75 Å². The van der Waals surface area contributed by atoms with Gasteiger partial charge in [0.05, 0.1) is 0 Å². The zero-order chi connectivity index (χ0) is 13.7. The zero-order valence-corrected chi connectivity index (χ0v) is 10.5. The van der Waals surface area contributed by atoms with Crippen molar-refractivity contribution in [3.8, 4) is 5.75 Å². The lowest BCUT2D eigenvalue weighted by Crippen LogP contribution is -2.47. The minimum Gasteiger partial charge on any atom is -0.508 e. The van der Waals surface area contributed by atoms with Crippen LogP contribution in [0.3, 0.4) is 0 Å². The van der Waals surface area contributed by atoms with Crippen LogP contribution >= 0.6 is 0 Å². The Morgan fingerprint density at radius 1 is 1.28 bits per heavy atom. The maximum atomic E-state index is 11.5. The topological polar surface area (TPSA) is 92.4 Å². The van der Waals surface area contributed by atoms with Gasteiger partial charge in [-0.15, -0.1) is 0 Å². The van der Waals surface area contributed by atoms with Crippen molar-refractivity contribution >= 4 is 11.8 Å². The number of amides is 2. The van der Waals surface area contributed by atoms with E-state index in [1.165, 1.54) is 12.1 Å². The molecule has 4 N–H and O–H groups in total. The number of benzene rings is 1. The summed E-state index contributed by atoms with van der Waals surface area (Å²) in [7, 11) is 0. The predicted octanol–water partition coefficient (Wildman–Crippen LogP) is 0.561. The molecule has 0 fully saturated rings. The van der Waals surface area contributed by atoms with Gasteiger partial charge in [0.25, 0.3) is 0 Å². The first-order chi connectivity index (χ1) is 8.40. The molecule has 2 amide bonds. The van der Waals surface area contributed by atoms with E-state index in [4.69, 9.17) is 10.8 Å². The molecule has 1 rings (SSSR count). The number of phenols is 1. The highest BCUT2D eigenvalue weighted by atomic mass is 16.3. The minimum atomic E-state index is -0.732. The first-order valence-corrected chi connectivity index (χ1v) is 5.77. The van der Waals surface area contributed by atoms with E-state index >= 15 is 0 Å². The van der Waals surface area contributed by atoms with E-state index in [0.717, 1.165) is 5.56 Å². The van der Waals surface area contributed by atoms with Crippen LogP contribution in [0.4, 0.5) is 0 Å². The second kappa shape index (κ2) is 6.05. The van der Waals surface area contributed by atoms with Crippen LogP contribution in [0.25, 0.3) is 0 Å². The van der Waals surface area contributed by atoms with Gasteiger partial charge in [0.1, 0.15) is 11.8 Å². The van der Waals surface area contributed by atoms with Crippen LogP contribution in [0.1, 0.15) is 19.4 Å². The third-order valence-electron chi connectivity index (χ3n) is 2.56. The van der Waals surface area contributed by atoms with Gasteiger partial charge in [0.2, 0.25) is 11.8 Å². The summed E-state index contributed by atoms with van der Waals surface area (Å²) in [5.74, 6) is -0.832. The first-order valence-electron chi connectivity index (χ1n) is 5.77. The van der Waals surface area contributed by atoms with E-state index in [1.807, 2.05) is 0 Å². The van der Waals surface area contributed by atoms with Gasteiger partial charge in [-0.1, -0.05) is 26.0 Å². The molecular weight excluding hydrogens is 232 g/mol. The zero-order valence-electron chi connectivity index (χ0n) is 10.5. The maximum absolute atomic E-state index is 11.5. The highest BCUT2D eigenvalue weighted by molar-refractivity contribution is 5.87. The number of primary amides is 1. The van der Waals surface area contributed by atoms with Gasteiger partial charge in [-0.25, -0.2) is 0 Å². The Morgan fingerprint density at radius 3 is 2.28 bits per heavy atom. The molecule has 5 nitrogen and oxygen atoms in total. The van der Waals surface area contributed by atoms with Crippen molar-refractivity contribution < 1.29 is 14.7 Å². The Balaban J connectivity index is 2.72. The molecule has 1 aromatic carbocycles. The van der Waals surface area contributed by atoms with E-state index in [2.05, 4.69) is 5.32 Å². The first kappa shape index (κ1) is 14.0. The summed E-state index contributed by atoms with van der Waals surface area (Å²) >= 11 is 0. The van der Waals surface area contributed by atoms with Gasteiger partial charge >= 0.3 is 0 Å². The molecule has 98 valence electrons. The van der Waals surface area contributed by atoms with Crippen molar-refractivity contribution in [2.45, 2.75) is 26.3 Å². The smallest absolute Gasteiger partial charge is 0.240 e. The lowest BCUT2D eigenvalue weighted by atomic mass is 10.0. The molecule has 18 heavy (non-hydrogen) atoms. The average Bonchev–Trinajstić information content (AvgIpc) is 2.30. The number of nitrogens with two attached hydrogens (primary N) is 1. The number of nitrogens with one attached hydrogen (secondary N) is 1. The molecule has 1 atom stereocenters. The molecule has 0 saturated heterocycles. The SMILES string of the molecule is CC(C)C(=O)NC(Cc1ccc(O)cc1)C(N)=O. The van der Waals surface area contributed by atoms with Crippen molar-refractivity contribution in [2.75, 3.05) is 0 Å². The summed E-state index contributed by atoms with van der Waals surface area (Å²) in [5, 5.41) is 11.8. The van der Waals surface area contributed by atoms with Crippen LogP contribution in [-0.2, 0) is 16.0 Å². The Kier molecular flexibility index (Phi) is 4.71. The Bertz CT molecular complexity index is 426. The molecular formula is C13H18N2O3. The molecule has 0 saturated carbocycles. The van der Waals surface area contributed by atoms with Crippen LogP contribution in [0.2, 0.25) is 0 Å². The van der Waals surface area contributed by atoms with Crippen molar-refractivity contribution in [2.24, 2.45) is 11.7 Å². The summed E-state index contributed by atoms with van der Waals surface area (Å²) in [4.78, 5) is 22.8. The van der Waals surface area contributed by atoms with E-state index < -0.39 is 11.9 Å². The van der Waals surface area contributed by atoms with E-state index in [9.17, 15) is 9.59 Å². The van der Waals surface area contributed by atoms with Gasteiger partial charge in [-0.3, -0.25) is 9.59 Å². The third kappa shape index (κ3) is 4.08. The minimum absolute atomic E-state index is 0.153. The number of carbonyl (C=O) groups is 2. The predicted molar refractivity (Wildman–Crippen MR) is 67.8 cm³/mol. The molecule has 0 aromatic heterocycles. The lowest BCUT2D eigenvalue weighted by molar-refractivity contribution is -0.129. The lowest BCUT2D eigenvalue weighted by Gasteiger charge is -2.17. The number of carbonyl (C=O) groups excluding carboxylic acids is 2. The normalized spacial score (nSPS) is 12.2. The third-order valence-corrected chi connectivity index (χ3v) is 2.56. The van der Waals surface area contributed by atoms with Crippen LogP contribution in [-0.4, -0.2) is 23.0 Å². The van der Waals surface area contributed by atoms with Crippen molar-refractivity contribution in [1.29, 1.82) is 0 Å². The molecule has 0 radical (unpaired) electrons. The van der Waals surface area contributed by atoms with Crippen molar-refractivity contribution in [1.82, 2.24) is 5.32 Å². The van der Waals surface area contributed by atoms with E-state index in [-0.39, 0.29) is 17.6 Å². The number of aromatic hydroxyl groups is 1. The molecule has 1 unspecified atom stereocenters. The van der Waals surface area contributed by atoms with Gasteiger partial charge < -0.3 is 16.2 Å². The second-order valence-electron chi connectivity index (χ2n) is 4.49. The maximum Gasteiger partial charge on any atom is 0.240 e. The number of phenolic OH excluding ortho intramolecular Hbond substituents is 1. The molecule has 5 heteroatoms. The molecule has 1 aromatic rings. The standard InChI is InChI=1S/C13H18N2O3/c1-8(2)13(18)15-11(12(14)17)7-9-3-5-10(16)6-4-9/h3-6,8,11,16H,7H2,1-2H3,(H2,14,17)(H,15,18). The number of rotatable bonds is 5. The fourth-order valence-electron chi connectivity index (χ4n) is 1.43. The van der Waals surface area contributed by atoms with Gasteiger partial charge in [0, 0.05) is 12.3 Å². The van der Waals surface area contributed by atoms with Gasteiger partial charge in [-0.2, -0.15) is 0 Å². The molecule has 0 heterocycles. The summed E-state index contributed by atoms with van der Waals surface area (Å²) in [6, 6.07) is 5.69. The largest absolute Gasteiger partial charge is 0.508 e. The highest BCUT2D eigenvalue weighted by Gasteiger charge is 2.19. The molecule has 0 aliphatic heterocycles. The summed E-state index contributed by atoms with van der Waals surface area (Å²) in [6.07, 6.45) is 0.314. The summed E-state index contributed by atoms with van der Waals surface area (Å²) in [6.45, 7) is 3.49. The van der Waals surface area contributed by atoms with Crippen molar-refractivity contribution in [3.63, 3.8) is 0 Å². The molecule has 0 bridgehead atoms. The van der Waals surface area contributed by atoms with Crippen LogP contribution < -0.4 is 11.1 Å². The summed E-state index contributed by atoms with van der Waals surface area (Å²) in [5.41, 5.74) is 6.08. The van der Waals surface area contributed by atoms with Crippen LogP contribution in [0, 0.1) is 5.92 Å². The van der Waals surface area contributed by atoms with Crippen molar-refractivity contribution in [3.05, 3.63) is 29.8 Å². The Hall–Kier alpha value is -2.04. The average molecular weight is 250 g/mol. The van der Waals surface area contributed by atoms with E-state index in [0.29, 0.717) is 6.42 Å². The Morgan fingerprint density at radius 2 is 1.83 bits per heavy atom. The Labute approximate surface area is 106 Å². The number of hydrogen-bond acceptors (Lipinski definition) is 3. The second-order valence-corrected chi connectivity index (χ2v) is 4.49. The fourth-order valence-corrected chi connectivity index (χ4v) is 1.43. The summed E-state index contributed by atoms with van der Waals surface area (Å²) < 4.78 is 0. The monoisotopic (exact) mass is 250 g/mol. The molecule has 0 aliphatic rings. The van der Waals surface area contributed by atoms with E-state index in [1.54, 1.807) is 26.0 Å². The van der Waals surface area contributed by atoms with Gasteiger partial charge in [-0.05, 0) is 17.7 Å². The fraction of sp³-hybridized carbons (Fsp3) is 0.385. The highest BCUT2D eigenvalue weighted by Crippen LogP contribution is 2.11.